The van der Waals surface area contributed by atoms with Gasteiger partial charge in [-0.2, -0.15) is 0 Å². The van der Waals surface area contributed by atoms with Crippen LogP contribution in [0.1, 0.15) is 0 Å². The molecule has 0 saturated heterocycles. The van der Waals surface area contributed by atoms with Crippen molar-refractivity contribution in [3.8, 4) is 0 Å². The van der Waals surface area contributed by atoms with Gasteiger partial charge in [-0.15, -0.1) is 0 Å². The van der Waals surface area contributed by atoms with E-state index in [0.29, 0.717) is 0 Å². The van der Waals surface area contributed by atoms with E-state index in [2.05, 4.69) is 0 Å². The molecule has 0 spiro atoms. The molecule has 0 aromatic carbocycles. The van der Waals surface area contributed by atoms with Crippen molar-refractivity contribution < 1.29 is 1160 Å². The first kappa shape index (κ1) is 159. The van der Waals surface area contributed by atoms with Crippen LogP contribution in [-0.4, -0.2) is 54.8 Å². The van der Waals surface area contributed by atoms with Crippen LogP contribution in [0.15, 0.2) is 0 Å². The fourth-order valence-electron chi connectivity index (χ4n) is 0. The van der Waals surface area contributed by atoms with Crippen LogP contribution in [0.2, 0.25) is 0 Å². The first-order valence-electron chi connectivity index (χ1n) is 4.81. The molecule has 0 bridgehead atoms. The third kappa shape index (κ3) is 445. The molecule has 48 heavy (non-hydrogen) atoms. The Morgan fingerprint density at radius 3 is 0.146 bits per heavy atom. The average molecular weight is 2110 g/mol. The van der Waals surface area contributed by atoms with Gasteiger partial charge in [-0.25, -0.2) is 0 Å². The summed E-state index contributed by atoms with van der Waals surface area (Å²) < 4.78 is 61.0. The van der Waals surface area contributed by atoms with E-state index in [1.54, 1.807) is 0 Å². The molecule has 0 unspecified atom stereocenters. The Morgan fingerprint density at radius 1 is 0.146 bits per heavy atom. The van der Waals surface area contributed by atoms with Gasteiger partial charge >= 0.3 is 1050 Å². The monoisotopic (exact) mass is 2100 g/mol. The predicted molar refractivity (Wildman–Crippen MR) is 41.2 cm³/mol. The van der Waals surface area contributed by atoms with Gasteiger partial charge in [-0.3, -0.25) is 0 Å². The van der Waals surface area contributed by atoms with Crippen LogP contribution in [0.3, 0.4) is 0 Å². The van der Waals surface area contributed by atoms with Gasteiger partial charge < -0.3 is 111 Å². The molecule has 0 N–H and O–H groups in total. The largest absolute Gasteiger partial charge is 1.00 e. The molecule has 0 rings (SSSR count). The van der Waals surface area contributed by atoms with Crippen LogP contribution in [-0.2, 0) is 0 Å². The van der Waals surface area contributed by atoms with Crippen LogP contribution in [0.25, 0.3) is 0 Å². The molecule has 192 valence electrons. The van der Waals surface area contributed by atoms with Gasteiger partial charge in [0.1, 0.15) is 0 Å². The van der Waals surface area contributed by atoms with Crippen LogP contribution in [0, 0.1) is 0 Å². The maximum absolute atomic E-state index is 10.2. The number of hydrogen-bond donors (Lipinski definition) is 0. The molecule has 0 saturated carbocycles. The fourth-order valence-corrected chi connectivity index (χ4v) is 0. The summed E-state index contributed by atoms with van der Waals surface area (Å²) in [6.45, 7) is 0. The summed E-state index contributed by atoms with van der Waals surface area (Å²) in [5.74, 6) is 0. The minimum atomic E-state index is -5.86. The number of rotatable bonds is 0. The summed E-state index contributed by atoms with van der Waals surface area (Å²) >= 11 is 0. The first-order valence-corrected chi connectivity index (χ1v) is 14.4. The van der Waals surface area contributed by atoms with Gasteiger partial charge in [0.2, 0.25) is 0 Å². The smallest absolute Gasteiger partial charge is 0.857 e. The molecule has 0 heterocycles. The fraction of sp³-hybridized carbons (Fsp3) is 0. The Kier molecular flexibility index (Phi) is 347. The summed E-state index contributed by atoms with van der Waals surface area (Å²) in [5, 5.41) is 0. The maximum Gasteiger partial charge on any atom is 1.00 e. The zero-order valence-corrected chi connectivity index (χ0v) is 125. The molecule has 0 radical (unpaired) electrons. The van der Waals surface area contributed by atoms with E-state index in [9.17, 15) is 24.6 Å². The standard InChI is InChI=1S/6FO3Si.18Rb/c6*1-5(2,3)4;;;;;;;;;;;;;;;;;;/q6*-3;18*+1. The Balaban J connectivity index is -0.00000000609. The SMILES string of the molecule is [O-][Si]([O-])([O-])F.[O-][Si]([O-])([O-])F.[O-][Si]([O-])([O-])F.[O-][Si]([O-])([O-])F.[O-][Si]([O-])([O-])F.[O-][Si]([O-])([O-])F.[Rb+].[Rb+].[Rb+].[Rb+].[Rb+].[Rb+].[Rb+].[Rb+].[Rb+].[Rb+].[Rb+].[Rb+].[Rb+].[Rb+].[Rb+].[Rb+].[Rb+].[Rb+]. The zero-order valence-electron chi connectivity index (χ0n) is 30.6. The molecule has 0 aliphatic rings. The van der Waals surface area contributed by atoms with Gasteiger partial charge in [0.25, 0.3) is 0 Å². The molecule has 18 nitrogen and oxygen atoms in total. The molecule has 0 fully saturated rings. The van der Waals surface area contributed by atoms with Crippen molar-refractivity contribution in [1.82, 2.24) is 0 Å². The van der Waals surface area contributed by atoms with Gasteiger partial charge in [-0.05, 0) is 0 Å². The van der Waals surface area contributed by atoms with Crippen molar-refractivity contribution in [3.63, 3.8) is 0 Å². The van der Waals surface area contributed by atoms with Crippen molar-refractivity contribution in [2.24, 2.45) is 0 Å². The third-order valence-electron chi connectivity index (χ3n) is 0. The minimum Gasteiger partial charge on any atom is -0.857 e. The van der Waals surface area contributed by atoms with E-state index >= 15 is 0 Å². The summed E-state index contributed by atoms with van der Waals surface area (Å²) in [4.78, 5) is 152. The average Bonchev–Trinajstić information content (AvgIpc) is 1.94. The second-order valence-electron chi connectivity index (χ2n) is 2.89. The van der Waals surface area contributed by atoms with Crippen LogP contribution >= 0.6 is 0 Å². The Bertz CT molecular complexity index is 273. The summed E-state index contributed by atoms with van der Waals surface area (Å²) in [6.07, 6.45) is 0. The number of hydrogen-bond acceptors (Lipinski definition) is 18. The molecular formula is F6O18Rb18Si6. The van der Waals surface area contributed by atoms with Gasteiger partial charge in [-0.1, -0.05) is 54.8 Å². The van der Waals surface area contributed by atoms with E-state index in [1.165, 1.54) is 0 Å². The van der Waals surface area contributed by atoms with Gasteiger partial charge in [0.15, 0.2) is 0 Å². The molecule has 0 aromatic heterocycles. The molecule has 48 heteroatoms. The summed E-state index contributed by atoms with van der Waals surface area (Å²) in [7, 11) is -35.2. The molecule has 0 aliphatic heterocycles. The minimum absolute atomic E-state index is 0. The predicted octanol–water partition coefficient (Wildman–Crippen LogP) is -75.1. The third-order valence-corrected chi connectivity index (χ3v) is 0. The number of halogens is 6. The second kappa shape index (κ2) is 105. The van der Waals surface area contributed by atoms with Crippen molar-refractivity contribution in [2.75, 3.05) is 0 Å². The first-order chi connectivity index (χ1) is 12.0. The Hall–Kier alpha value is 32.7. The topological polar surface area (TPSA) is 415 Å². The van der Waals surface area contributed by atoms with E-state index in [-0.39, 0.29) is 1050 Å². The summed E-state index contributed by atoms with van der Waals surface area (Å²) in [5.41, 5.74) is 0. The van der Waals surface area contributed by atoms with Crippen LogP contribution < -0.4 is 1130 Å². The van der Waals surface area contributed by atoms with Crippen molar-refractivity contribution >= 4 is 54.8 Å². The molecule has 0 atom stereocenters. The van der Waals surface area contributed by atoms with Crippen molar-refractivity contribution in [1.29, 1.82) is 0 Å². The van der Waals surface area contributed by atoms with Gasteiger partial charge in [0, 0.05) is 0 Å². The van der Waals surface area contributed by atoms with Crippen LogP contribution in [0.5, 0.6) is 0 Å². The maximum atomic E-state index is 10.2. The molecule has 0 aliphatic carbocycles. The second-order valence-corrected chi connectivity index (χ2v) is 8.67. The van der Waals surface area contributed by atoms with E-state index in [4.69, 9.17) is 86.3 Å². The van der Waals surface area contributed by atoms with Crippen LogP contribution in [0.4, 0.5) is 24.6 Å². The Morgan fingerprint density at radius 2 is 0.146 bits per heavy atom. The zero-order chi connectivity index (χ0) is 27.0. The quantitative estimate of drug-likeness (QED) is 0.123. The van der Waals surface area contributed by atoms with E-state index < -0.39 is 54.8 Å². The van der Waals surface area contributed by atoms with Gasteiger partial charge in [0.05, 0.1) is 0 Å². The molecule has 0 amide bonds. The van der Waals surface area contributed by atoms with E-state index in [0.717, 1.165) is 0 Å². The normalized spacial score (nSPS) is 7.50. The molecular weight excluding hydrogens is 2110 g/mol. The summed E-state index contributed by atoms with van der Waals surface area (Å²) in [6, 6.07) is 0. The van der Waals surface area contributed by atoms with Crippen molar-refractivity contribution in [3.05, 3.63) is 0 Å². The Labute approximate surface area is 1160 Å². The van der Waals surface area contributed by atoms with E-state index in [1.807, 2.05) is 0 Å². The van der Waals surface area contributed by atoms with Crippen molar-refractivity contribution in [2.45, 2.75) is 0 Å². The molecule has 0 aromatic rings.